The van der Waals surface area contributed by atoms with Crippen LogP contribution < -0.4 is 0 Å². The number of fused-ring (bicyclic) bond motifs is 1. The minimum absolute atomic E-state index is 0.0929. The van der Waals surface area contributed by atoms with Gasteiger partial charge in [0.1, 0.15) is 11.5 Å². The first-order valence-electron chi connectivity index (χ1n) is 7.39. The third-order valence-corrected chi connectivity index (χ3v) is 3.20. The Kier molecular flexibility index (Phi) is 6.11. The molecule has 0 atom stereocenters. The molecular formula is C18H22O4. The molecule has 0 aliphatic heterocycles. The van der Waals surface area contributed by atoms with Crippen LogP contribution in [0.15, 0.2) is 35.4 Å². The molecule has 1 aliphatic rings. The highest BCUT2D eigenvalue weighted by Gasteiger charge is 2.30. The fourth-order valence-electron chi connectivity index (χ4n) is 2.22. The second-order valence-electron chi connectivity index (χ2n) is 5.04. The number of benzene rings is 1. The van der Waals surface area contributed by atoms with Gasteiger partial charge in [-0.05, 0) is 44.9 Å². The van der Waals surface area contributed by atoms with Crippen LogP contribution in [0.25, 0.3) is 0 Å². The van der Waals surface area contributed by atoms with Crippen molar-refractivity contribution in [2.75, 3.05) is 0 Å². The quantitative estimate of drug-likeness (QED) is 0.649. The molecule has 0 heterocycles. The lowest BCUT2D eigenvalue weighted by Gasteiger charge is -2.16. The van der Waals surface area contributed by atoms with Crippen LogP contribution in [0, 0.1) is 0 Å². The van der Waals surface area contributed by atoms with Crippen LogP contribution in [-0.2, 0) is 0 Å². The summed E-state index contributed by atoms with van der Waals surface area (Å²) in [5.41, 5.74) is 1.30. The van der Waals surface area contributed by atoms with E-state index < -0.39 is 11.6 Å². The monoisotopic (exact) mass is 302 g/mol. The molecule has 0 fully saturated rings. The van der Waals surface area contributed by atoms with Crippen molar-refractivity contribution in [1.29, 1.82) is 0 Å². The summed E-state index contributed by atoms with van der Waals surface area (Å²) in [6.07, 6.45) is 4.32. The molecule has 0 amide bonds. The van der Waals surface area contributed by atoms with Crippen molar-refractivity contribution in [2.45, 2.75) is 40.5 Å². The smallest absolute Gasteiger partial charge is 0.193 e. The highest BCUT2D eigenvalue weighted by Crippen LogP contribution is 2.35. The average Bonchev–Trinajstić information content (AvgIpc) is 2.48. The van der Waals surface area contributed by atoms with Gasteiger partial charge in [0.15, 0.2) is 11.6 Å². The van der Waals surface area contributed by atoms with E-state index in [1.54, 1.807) is 0 Å². The maximum absolute atomic E-state index is 12.3. The molecule has 0 spiro atoms. The zero-order chi connectivity index (χ0) is 16.9. The van der Waals surface area contributed by atoms with Crippen molar-refractivity contribution in [3.63, 3.8) is 0 Å². The SMILES string of the molecule is CC.CC(C)=CCCC1=CC(=O)c2c(O)ccc(O)c2C1=O. The Morgan fingerprint density at radius 1 is 1.05 bits per heavy atom. The lowest BCUT2D eigenvalue weighted by Crippen LogP contribution is -2.17. The van der Waals surface area contributed by atoms with E-state index in [4.69, 9.17) is 0 Å². The van der Waals surface area contributed by atoms with Crippen LogP contribution in [0.4, 0.5) is 0 Å². The van der Waals surface area contributed by atoms with Crippen LogP contribution in [0.3, 0.4) is 0 Å². The van der Waals surface area contributed by atoms with Crippen molar-refractivity contribution in [1.82, 2.24) is 0 Å². The molecule has 4 nitrogen and oxygen atoms in total. The van der Waals surface area contributed by atoms with Crippen molar-refractivity contribution in [3.05, 3.63) is 46.6 Å². The van der Waals surface area contributed by atoms with Crippen molar-refractivity contribution in [3.8, 4) is 11.5 Å². The lowest BCUT2D eigenvalue weighted by atomic mass is 9.86. The Balaban J connectivity index is 0.00000116. The van der Waals surface area contributed by atoms with Gasteiger partial charge in [0.05, 0.1) is 11.1 Å². The van der Waals surface area contributed by atoms with Crippen LogP contribution in [0.5, 0.6) is 11.5 Å². The molecule has 2 N–H and O–H groups in total. The maximum Gasteiger partial charge on any atom is 0.193 e. The summed E-state index contributed by atoms with van der Waals surface area (Å²) >= 11 is 0. The molecule has 0 unspecified atom stereocenters. The van der Waals surface area contributed by atoms with Gasteiger partial charge in [-0.15, -0.1) is 0 Å². The summed E-state index contributed by atoms with van der Waals surface area (Å²) in [5.74, 6) is -1.39. The molecular weight excluding hydrogens is 280 g/mol. The third kappa shape index (κ3) is 3.64. The molecule has 4 heteroatoms. The Hall–Kier alpha value is -2.36. The van der Waals surface area contributed by atoms with E-state index in [0.29, 0.717) is 18.4 Å². The van der Waals surface area contributed by atoms with E-state index in [9.17, 15) is 19.8 Å². The second-order valence-corrected chi connectivity index (χ2v) is 5.04. The van der Waals surface area contributed by atoms with Crippen molar-refractivity contribution in [2.24, 2.45) is 0 Å². The summed E-state index contributed by atoms with van der Waals surface area (Å²) < 4.78 is 0. The summed E-state index contributed by atoms with van der Waals surface area (Å²) in [4.78, 5) is 24.3. The molecule has 0 saturated carbocycles. The molecule has 2 rings (SSSR count). The topological polar surface area (TPSA) is 74.6 Å². The predicted octanol–water partition coefficient (Wildman–Crippen LogP) is 4.18. The highest BCUT2D eigenvalue weighted by atomic mass is 16.3. The number of carbonyl (C=O) groups is 2. The summed E-state index contributed by atoms with van der Waals surface area (Å²) in [7, 11) is 0. The van der Waals surface area contributed by atoms with Crippen LogP contribution in [0.1, 0.15) is 61.3 Å². The zero-order valence-corrected chi connectivity index (χ0v) is 13.4. The van der Waals surface area contributed by atoms with E-state index in [1.807, 2.05) is 33.8 Å². The van der Waals surface area contributed by atoms with Gasteiger partial charge in [0, 0.05) is 5.57 Å². The van der Waals surface area contributed by atoms with E-state index in [-0.39, 0.29) is 22.6 Å². The van der Waals surface area contributed by atoms with Gasteiger partial charge in [-0.1, -0.05) is 25.5 Å². The molecule has 1 aromatic carbocycles. The minimum Gasteiger partial charge on any atom is -0.507 e. The van der Waals surface area contributed by atoms with E-state index in [1.165, 1.54) is 18.2 Å². The number of aromatic hydroxyl groups is 2. The van der Waals surface area contributed by atoms with Crippen LogP contribution in [-0.4, -0.2) is 21.8 Å². The molecule has 22 heavy (non-hydrogen) atoms. The molecule has 0 radical (unpaired) electrons. The lowest BCUT2D eigenvalue weighted by molar-refractivity contribution is 0.0976. The highest BCUT2D eigenvalue weighted by molar-refractivity contribution is 6.26. The molecule has 1 aromatic rings. The fraction of sp³-hybridized carbons (Fsp3) is 0.333. The van der Waals surface area contributed by atoms with Crippen LogP contribution in [0.2, 0.25) is 0 Å². The number of ketones is 2. The number of allylic oxidation sites excluding steroid dienone is 4. The third-order valence-electron chi connectivity index (χ3n) is 3.20. The number of phenolic OH excluding ortho intramolecular Hbond substituents is 2. The minimum atomic E-state index is -0.444. The first kappa shape index (κ1) is 17.7. The number of rotatable bonds is 3. The van der Waals surface area contributed by atoms with Gasteiger partial charge < -0.3 is 10.2 Å². The second kappa shape index (κ2) is 7.59. The molecule has 0 aromatic heterocycles. The molecule has 0 saturated heterocycles. The first-order valence-corrected chi connectivity index (χ1v) is 7.39. The summed E-state index contributed by atoms with van der Waals surface area (Å²) in [5, 5.41) is 19.5. The first-order chi connectivity index (χ1) is 10.4. The van der Waals surface area contributed by atoms with Gasteiger partial charge in [0.2, 0.25) is 0 Å². The zero-order valence-electron chi connectivity index (χ0n) is 13.4. The fourth-order valence-corrected chi connectivity index (χ4v) is 2.22. The number of Topliss-reactive ketones (excluding diaryl/α,β-unsaturated/α-hetero) is 1. The number of hydrogen-bond acceptors (Lipinski definition) is 4. The van der Waals surface area contributed by atoms with Gasteiger partial charge in [-0.2, -0.15) is 0 Å². The predicted molar refractivity (Wildman–Crippen MR) is 86.5 cm³/mol. The van der Waals surface area contributed by atoms with Gasteiger partial charge in [-0.3, -0.25) is 9.59 Å². The number of carbonyl (C=O) groups excluding carboxylic acids is 2. The normalized spacial score (nSPS) is 12.8. The Labute approximate surface area is 130 Å². The van der Waals surface area contributed by atoms with Crippen LogP contribution >= 0.6 is 0 Å². The molecule has 0 bridgehead atoms. The average molecular weight is 302 g/mol. The number of hydrogen-bond donors (Lipinski definition) is 2. The van der Waals surface area contributed by atoms with Crippen molar-refractivity contribution >= 4 is 11.6 Å². The van der Waals surface area contributed by atoms with Gasteiger partial charge in [-0.25, -0.2) is 0 Å². The summed E-state index contributed by atoms with van der Waals surface area (Å²) in [6, 6.07) is 2.43. The van der Waals surface area contributed by atoms with E-state index >= 15 is 0 Å². The summed E-state index contributed by atoms with van der Waals surface area (Å²) in [6.45, 7) is 7.92. The Bertz CT molecular complexity index is 647. The number of phenols is 2. The van der Waals surface area contributed by atoms with Gasteiger partial charge in [0.25, 0.3) is 0 Å². The molecule has 1 aliphatic carbocycles. The Morgan fingerprint density at radius 2 is 1.59 bits per heavy atom. The van der Waals surface area contributed by atoms with Gasteiger partial charge >= 0.3 is 0 Å². The molecule has 118 valence electrons. The largest absolute Gasteiger partial charge is 0.507 e. The van der Waals surface area contributed by atoms with Crippen molar-refractivity contribution < 1.29 is 19.8 Å². The standard InChI is InChI=1S/C16H16O4.C2H6/c1-9(2)4-3-5-10-8-13(19)14-11(17)6-7-12(18)15(14)16(10)20;1-2/h4,6-8,17-18H,3,5H2,1-2H3;1-2H3. The van der Waals surface area contributed by atoms with E-state index in [0.717, 1.165) is 5.57 Å². The Morgan fingerprint density at radius 3 is 2.14 bits per heavy atom. The maximum atomic E-state index is 12.3. The van der Waals surface area contributed by atoms with E-state index in [2.05, 4.69) is 0 Å².